The number of fused-ring (bicyclic) bond motifs is 1. The van der Waals surface area contributed by atoms with Gasteiger partial charge in [0.25, 0.3) is 5.91 Å². The molecule has 0 fully saturated rings. The van der Waals surface area contributed by atoms with Gasteiger partial charge in [0, 0.05) is 17.5 Å². The number of carbonyl (C=O) groups is 1. The lowest BCUT2D eigenvalue weighted by atomic mass is 9.95. The summed E-state index contributed by atoms with van der Waals surface area (Å²) in [6.07, 6.45) is 3.28. The molecule has 1 atom stereocenters. The van der Waals surface area contributed by atoms with Crippen LogP contribution in [0.1, 0.15) is 31.0 Å². The highest BCUT2D eigenvalue weighted by Gasteiger charge is 2.34. The van der Waals surface area contributed by atoms with Gasteiger partial charge < -0.3 is 20.1 Å². The van der Waals surface area contributed by atoms with Gasteiger partial charge in [-0.15, -0.1) is 5.10 Å². The third kappa shape index (κ3) is 5.71. The van der Waals surface area contributed by atoms with E-state index in [1.54, 1.807) is 29.2 Å². The average molecular weight is 559 g/mol. The summed E-state index contributed by atoms with van der Waals surface area (Å²) in [6, 6.07) is 28.5. The van der Waals surface area contributed by atoms with Crippen molar-refractivity contribution in [2.24, 2.45) is 0 Å². The number of pyridine rings is 1. The lowest BCUT2D eigenvalue weighted by Gasteiger charge is -2.28. The number of ether oxygens (including phenoxy) is 2. The van der Waals surface area contributed by atoms with Crippen LogP contribution < -0.4 is 20.1 Å². The molecule has 0 bridgehead atoms. The van der Waals surface area contributed by atoms with Crippen LogP contribution in [0.5, 0.6) is 11.5 Å². The lowest BCUT2D eigenvalue weighted by molar-refractivity contribution is -0.113. The van der Waals surface area contributed by atoms with Crippen LogP contribution in [0, 0.1) is 0 Å². The van der Waals surface area contributed by atoms with Gasteiger partial charge in [0.15, 0.2) is 5.82 Å². The fourth-order valence-electron chi connectivity index (χ4n) is 4.86. The second-order valence-corrected chi connectivity index (χ2v) is 9.77. The Morgan fingerprint density at radius 2 is 1.67 bits per heavy atom. The molecule has 5 aromatic rings. The van der Waals surface area contributed by atoms with Crippen molar-refractivity contribution in [3.05, 3.63) is 126 Å². The van der Waals surface area contributed by atoms with Crippen LogP contribution in [-0.2, 0) is 11.4 Å². The van der Waals surface area contributed by atoms with E-state index in [9.17, 15) is 4.79 Å². The molecular weight excluding hydrogens is 528 g/mol. The van der Waals surface area contributed by atoms with Gasteiger partial charge in [-0.2, -0.15) is 4.98 Å². The standard InChI is InChI=1S/C33H30N6O3/c1-3-41-27-17-13-25(14-18-27)31-37-33-35-22(2)29(32(40)36-26-10-7-19-34-20-26)30(39(33)38-31)24-11-15-28(16-12-24)42-21-23-8-5-4-6-9-23/h4-20,30H,3,21H2,1-2H3,(H,36,40)(H,35,37,38). The second-order valence-electron chi connectivity index (χ2n) is 9.77. The molecule has 1 aliphatic heterocycles. The van der Waals surface area contributed by atoms with Gasteiger partial charge in [0.1, 0.15) is 24.1 Å². The number of nitrogens with zero attached hydrogens (tertiary/aromatic N) is 4. The lowest BCUT2D eigenvalue weighted by Crippen LogP contribution is -2.31. The van der Waals surface area contributed by atoms with Crippen LogP contribution in [-0.4, -0.2) is 32.3 Å². The van der Waals surface area contributed by atoms with Gasteiger partial charge in [-0.25, -0.2) is 4.68 Å². The molecule has 6 rings (SSSR count). The molecule has 3 heterocycles. The monoisotopic (exact) mass is 558 g/mol. The van der Waals surface area contributed by atoms with Gasteiger partial charge in [-0.3, -0.25) is 9.78 Å². The smallest absolute Gasteiger partial charge is 0.255 e. The molecule has 0 saturated heterocycles. The number of amides is 1. The molecule has 1 amide bonds. The first-order chi connectivity index (χ1) is 20.6. The third-order valence-electron chi connectivity index (χ3n) is 6.88. The summed E-state index contributed by atoms with van der Waals surface area (Å²) < 4.78 is 13.4. The van der Waals surface area contributed by atoms with Crippen LogP contribution in [0.3, 0.4) is 0 Å². The minimum absolute atomic E-state index is 0.258. The van der Waals surface area contributed by atoms with Gasteiger partial charge in [0.05, 0.1) is 24.1 Å². The Balaban J connectivity index is 1.34. The Bertz CT molecular complexity index is 1700. The third-order valence-corrected chi connectivity index (χ3v) is 6.88. The predicted octanol–water partition coefficient (Wildman–Crippen LogP) is 6.25. The quantitative estimate of drug-likeness (QED) is 0.221. The summed E-state index contributed by atoms with van der Waals surface area (Å²) in [5.41, 5.74) is 4.59. The molecule has 42 heavy (non-hydrogen) atoms. The Morgan fingerprint density at radius 3 is 2.38 bits per heavy atom. The van der Waals surface area contributed by atoms with Gasteiger partial charge in [-0.1, -0.05) is 42.5 Å². The highest BCUT2D eigenvalue weighted by Crippen LogP contribution is 2.37. The number of carbonyl (C=O) groups excluding carboxylic acids is 1. The van der Waals surface area contributed by atoms with Crippen LogP contribution in [0.4, 0.5) is 11.6 Å². The summed E-state index contributed by atoms with van der Waals surface area (Å²) in [5, 5.41) is 11.1. The van der Waals surface area contributed by atoms with E-state index < -0.39 is 6.04 Å². The Labute approximate surface area is 243 Å². The first kappa shape index (κ1) is 26.8. The number of nitrogens with one attached hydrogen (secondary N) is 2. The molecule has 210 valence electrons. The van der Waals surface area contributed by atoms with Crippen LogP contribution in [0.2, 0.25) is 0 Å². The summed E-state index contributed by atoms with van der Waals surface area (Å²) in [5.74, 6) is 2.33. The highest BCUT2D eigenvalue weighted by atomic mass is 16.5. The zero-order valence-electron chi connectivity index (χ0n) is 23.3. The van der Waals surface area contributed by atoms with E-state index in [0.717, 1.165) is 28.2 Å². The molecule has 3 aromatic carbocycles. The van der Waals surface area contributed by atoms with Crippen LogP contribution >= 0.6 is 0 Å². The molecule has 2 aromatic heterocycles. The van der Waals surface area contributed by atoms with E-state index in [4.69, 9.17) is 19.6 Å². The minimum Gasteiger partial charge on any atom is -0.494 e. The normalized spacial score (nSPS) is 14.1. The van der Waals surface area contributed by atoms with Crippen molar-refractivity contribution in [1.29, 1.82) is 0 Å². The number of hydrogen-bond acceptors (Lipinski definition) is 7. The number of aromatic nitrogens is 4. The number of anilines is 2. The van der Waals surface area contributed by atoms with E-state index >= 15 is 0 Å². The van der Waals surface area contributed by atoms with Crippen molar-refractivity contribution in [3.8, 4) is 22.9 Å². The first-order valence-corrected chi connectivity index (χ1v) is 13.7. The fraction of sp³-hybridized carbons (Fsp3) is 0.152. The minimum atomic E-state index is -0.537. The van der Waals surface area contributed by atoms with E-state index in [-0.39, 0.29) is 5.91 Å². The molecule has 9 heteroatoms. The summed E-state index contributed by atoms with van der Waals surface area (Å²) in [7, 11) is 0. The zero-order chi connectivity index (χ0) is 28.9. The molecule has 1 unspecified atom stereocenters. The van der Waals surface area contributed by atoms with E-state index in [0.29, 0.717) is 41.9 Å². The van der Waals surface area contributed by atoms with Crippen molar-refractivity contribution in [1.82, 2.24) is 19.7 Å². The molecular formula is C33H30N6O3. The van der Waals surface area contributed by atoms with E-state index in [1.165, 1.54) is 0 Å². The van der Waals surface area contributed by atoms with Crippen molar-refractivity contribution in [2.45, 2.75) is 26.5 Å². The van der Waals surface area contributed by atoms with Crippen molar-refractivity contribution in [3.63, 3.8) is 0 Å². The number of benzene rings is 3. The van der Waals surface area contributed by atoms with Gasteiger partial charge in [0.2, 0.25) is 5.95 Å². The molecule has 0 spiro atoms. The van der Waals surface area contributed by atoms with Crippen molar-refractivity contribution < 1.29 is 14.3 Å². The van der Waals surface area contributed by atoms with E-state index in [2.05, 4.69) is 15.6 Å². The molecule has 1 aliphatic rings. The maximum absolute atomic E-state index is 13.7. The summed E-state index contributed by atoms with van der Waals surface area (Å²) >= 11 is 0. The molecule has 0 radical (unpaired) electrons. The molecule has 0 aliphatic carbocycles. The summed E-state index contributed by atoms with van der Waals surface area (Å²) in [6.45, 7) is 4.87. The van der Waals surface area contributed by atoms with Crippen molar-refractivity contribution >= 4 is 17.5 Å². The summed E-state index contributed by atoms with van der Waals surface area (Å²) in [4.78, 5) is 22.6. The topological polar surface area (TPSA) is 103 Å². The number of hydrogen-bond donors (Lipinski definition) is 2. The maximum atomic E-state index is 13.7. The Hall–Kier alpha value is -5.44. The first-order valence-electron chi connectivity index (χ1n) is 13.7. The molecule has 2 N–H and O–H groups in total. The average Bonchev–Trinajstić information content (AvgIpc) is 3.45. The van der Waals surface area contributed by atoms with Gasteiger partial charge >= 0.3 is 0 Å². The fourth-order valence-corrected chi connectivity index (χ4v) is 4.86. The van der Waals surface area contributed by atoms with Crippen molar-refractivity contribution in [2.75, 3.05) is 17.2 Å². The van der Waals surface area contributed by atoms with E-state index in [1.807, 2.05) is 92.7 Å². The Kier molecular flexibility index (Phi) is 7.63. The molecule has 9 nitrogen and oxygen atoms in total. The van der Waals surface area contributed by atoms with Crippen LogP contribution in [0.15, 0.2) is 115 Å². The second kappa shape index (κ2) is 12.0. The van der Waals surface area contributed by atoms with Crippen LogP contribution in [0.25, 0.3) is 11.4 Å². The number of allylic oxidation sites excluding steroid dienone is 1. The highest BCUT2D eigenvalue weighted by molar-refractivity contribution is 6.06. The zero-order valence-corrected chi connectivity index (χ0v) is 23.3. The predicted molar refractivity (Wildman–Crippen MR) is 161 cm³/mol. The SMILES string of the molecule is CCOc1ccc(-c2nc3n(n2)C(c2ccc(OCc4ccccc4)cc2)C(C(=O)Nc2cccnc2)=C(C)N3)cc1. The largest absolute Gasteiger partial charge is 0.494 e. The van der Waals surface area contributed by atoms with Gasteiger partial charge in [-0.05, 0) is 73.5 Å². The maximum Gasteiger partial charge on any atom is 0.255 e. The Morgan fingerprint density at radius 1 is 0.929 bits per heavy atom. The molecule has 0 saturated carbocycles. The number of rotatable bonds is 9.